The molecule has 1 aromatic carbocycles. The maximum absolute atomic E-state index is 13.4. The second kappa shape index (κ2) is 9.07. The largest absolute Gasteiger partial charge is 0.368 e. The van der Waals surface area contributed by atoms with Crippen molar-refractivity contribution in [2.45, 2.75) is 29.2 Å². The number of halogens is 1. The van der Waals surface area contributed by atoms with Crippen LogP contribution in [-0.2, 0) is 16.9 Å². The van der Waals surface area contributed by atoms with Gasteiger partial charge in [0.05, 0.1) is 32.2 Å². The van der Waals surface area contributed by atoms with Crippen LogP contribution in [0.5, 0.6) is 0 Å². The molecule has 1 saturated heterocycles. The highest BCUT2D eigenvalue weighted by Gasteiger charge is 2.29. The van der Waals surface area contributed by atoms with E-state index in [4.69, 9.17) is 22.4 Å². The fourth-order valence-corrected chi connectivity index (χ4v) is 6.07. The number of amides is 1. The number of hydrogen-bond acceptors (Lipinski definition) is 7. The summed E-state index contributed by atoms with van der Waals surface area (Å²) in [6.45, 7) is 2.79. The molecule has 4 rings (SSSR count). The van der Waals surface area contributed by atoms with E-state index in [0.29, 0.717) is 41.8 Å². The van der Waals surface area contributed by atoms with E-state index >= 15 is 0 Å². The zero-order chi connectivity index (χ0) is 24.6. The van der Waals surface area contributed by atoms with Crippen LogP contribution in [-0.4, -0.2) is 65.5 Å². The molecule has 1 fully saturated rings. The highest BCUT2D eigenvalue weighted by atomic mass is 35.5. The molecule has 3 heterocycles. The fourth-order valence-electron chi connectivity index (χ4n) is 4.13. The number of nitrogens with one attached hydrogen (secondary N) is 4. The van der Waals surface area contributed by atoms with Crippen molar-refractivity contribution in [1.82, 2.24) is 25.0 Å². The third-order valence-electron chi connectivity index (χ3n) is 6.09. The van der Waals surface area contributed by atoms with Gasteiger partial charge in [0.1, 0.15) is 5.69 Å². The molecule has 1 aliphatic heterocycles. The van der Waals surface area contributed by atoms with Gasteiger partial charge in [0.15, 0.2) is 0 Å². The Morgan fingerprint density at radius 1 is 1.32 bits per heavy atom. The number of sulfone groups is 1. The summed E-state index contributed by atoms with van der Waals surface area (Å²) in [5, 5.41) is 25.1. The van der Waals surface area contributed by atoms with Crippen LogP contribution in [0.3, 0.4) is 0 Å². The van der Waals surface area contributed by atoms with Crippen molar-refractivity contribution >= 4 is 50.7 Å². The average Bonchev–Trinajstić information content (AvgIpc) is 3.52. The topological polar surface area (TPSA) is 148 Å². The summed E-state index contributed by atoms with van der Waals surface area (Å²) in [6, 6.07) is 4.10. The molecule has 178 valence electrons. The first-order chi connectivity index (χ1) is 16.2. The summed E-state index contributed by atoms with van der Waals surface area (Å²) < 4.78 is 28.4. The number of allylic oxidation sites excluding steroid dienone is 2. The van der Waals surface area contributed by atoms with Gasteiger partial charge in [-0.3, -0.25) is 9.89 Å². The molecule has 0 radical (unpaired) electrons. The number of rotatable bonds is 7. The lowest BCUT2D eigenvalue weighted by Gasteiger charge is -2.19. The van der Waals surface area contributed by atoms with E-state index < -0.39 is 9.84 Å². The molecule has 1 amide bonds. The molecular weight excluding hydrogens is 478 g/mol. The van der Waals surface area contributed by atoms with Gasteiger partial charge >= 0.3 is 0 Å². The number of aromatic nitrogens is 3. The van der Waals surface area contributed by atoms with Gasteiger partial charge in [-0.25, -0.2) is 8.42 Å². The van der Waals surface area contributed by atoms with Crippen LogP contribution in [0.15, 0.2) is 46.0 Å². The van der Waals surface area contributed by atoms with Crippen molar-refractivity contribution in [2.24, 2.45) is 7.05 Å². The van der Waals surface area contributed by atoms with E-state index in [1.54, 1.807) is 18.5 Å². The lowest BCUT2D eigenvalue weighted by molar-refractivity contribution is 0.0930. The van der Waals surface area contributed by atoms with Crippen LogP contribution < -0.4 is 5.32 Å². The van der Waals surface area contributed by atoms with E-state index in [2.05, 4.69) is 15.5 Å². The predicted octanol–water partition coefficient (Wildman–Crippen LogP) is 2.68. The van der Waals surface area contributed by atoms with Crippen LogP contribution in [0.4, 0.5) is 0 Å². The number of carbonyl (C=O) groups is 1. The van der Waals surface area contributed by atoms with Crippen molar-refractivity contribution in [3.63, 3.8) is 0 Å². The van der Waals surface area contributed by atoms with Gasteiger partial charge in [-0.05, 0) is 37.6 Å². The number of carbonyl (C=O) groups excluding carboxylic acids is 1. The lowest BCUT2D eigenvalue weighted by atomic mass is 10.2. The Morgan fingerprint density at radius 3 is 2.79 bits per heavy atom. The number of aromatic amines is 1. The number of nitrogens with zero attached hydrogens (tertiary/aromatic N) is 3. The molecule has 3 aromatic rings. The first kappa shape index (κ1) is 23.7. The van der Waals surface area contributed by atoms with Gasteiger partial charge in [-0.2, -0.15) is 5.10 Å². The predicted molar refractivity (Wildman–Crippen MR) is 130 cm³/mol. The molecule has 0 saturated carbocycles. The third-order valence-corrected chi connectivity index (χ3v) is 8.23. The van der Waals surface area contributed by atoms with E-state index in [1.807, 2.05) is 4.90 Å². The molecule has 4 N–H and O–H groups in total. The van der Waals surface area contributed by atoms with Crippen LogP contribution in [0.1, 0.15) is 22.6 Å². The molecule has 1 atom stereocenters. The molecule has 0 unspecified atom stereocenters. The number of hydrogen-bond donors (Lipinski definition) is 4. The Labute approximate surface area is 201 Å². The van der Waals surface area contributed by atoms with Gasteiger partial charge in [0.25, 0.3) is 5.91 Å². The van der Waals surface area contributed by atoms with Crippen LogP contribution in [0.2, 0.25) is 5.02 Å². The van der Waals surface area contributed by atoms with Crippen molar-refractivity contribution in [2.75, 3.05) is 13.1 Å². The molecule has 2 aromatic heterocycles. The molecule has 0 spiro atoms. The van der Waals surface area contributed by atoms with Gasteiger partial charge < -0.3 is 25.6 Å². The number of fused-ring (bicyclic) bond motifs is 1. The van der Waals surface area contributed by atoms with Gasteiger partial charge in [0.2, 0.25) is 9.84 Å². The lowest BCUT2D eigenvalue weighted by Crippen LogP contribution is -2.37. The number of likely N-dealkylation sites (tertiary alicyclic amines) is 1. The smallest absolute Gasteiger partial charge is 0.268 e. The van der Waals surface area contributed by atoms with Crippen molar-refractivity contribution in [3.8, 4) is 0 Å². The van der Waals surface area contributed by atoms with E-state index in [9.17, 15) is 13.2 Å². The maximum atomic E-state index is 13.4. The third kappa shape index (κ3) is 4.12. The summed E-state index contributed by atoms with van der Waals surface area (Å²) in [5.74, 6) is -0.380. The molecule has 12 heteroatoms. The van der Waals surface area contributed by atoms with Crippen LogP contribution in [0, 0.1) is 17.7 Å². The zero-order valence-electron chi connectivity index (χ0n) is 18.6. The fraction of sp³-hybridized carbons (Fsp3) is 0.273. The average molecular weight is 502 g/mol. The zero-order valence-corrected chi connectivity index (χ0v) is 20.2. The molecule has 0 bridgehead atoms. The van der Waals surface area contributed by atoms with Gasteiger partial charge in [-0.15, -0.1) is 0 Å². The number of benzene rings is 1. The van der Waals surface area contributed by atoms with Crippen molar-refractivity contribution < 1.29 is 13.2 Å². The quantitative estimate of drug-likeness (QED) is 0.367. The van der Waals surface area contributed by atoms with Crippen LogP contribution in [0.25, 0.3) is 10.9 Å². The highest BCUT2D eigenvalue weighted by molar-refractivity contribution is 7.91. The molecule has 1 aliphatic rings. The number of H-pyrrole nitrogens is 1. The summed E-state index contributed by atoms with van der Waals surface area (Å²) >= 11 is 6.24. The molecule has 0 aliphatic carbocycles. The Kier molecular flexibility index (Phi) is 6.32. The second-order valence-corrected chi connectivity index (χ2v) is 10.4. The summed E-state index contributed by atoms with van der Waals surface area (Å²) in [5.41, 5.74) is 1.81. The first-order valence-corrected chi connectivity index (χ1v) is 12.3. The van der Waals surface area contributed by atoms with E-state index in [-0.39, 0.29) is 32.5 Å². The minimum absolute atomic E-state index is 0.0238. The summed E-state index contributed by atoms with van der Waals surface area (Å²) in [6.07, 6.45) is 6.01. The normalized spacial score (nSPS) is 16.7. The SMILES string of the molecule is Cc1c(S(=O)(=O)c2cc(Cl)c3[nH]ncc3c2)cc(C(=O)N[C@@H]2CCN(/C(C=N)=C/C=N)C2)n1C. The van der Waals surface area contributed by atoms with Crippen molar-refractivity contribution in [1.29, 1.82) is 10.8 Å². The summed E-state index contributed by atoms with van der Waals surface area (Å²) in [7, 11) is -2.29. The molecule has 10 nitrogen and oxygen atoms in total. The molecular formula is C22H24ClN7O3S. The Hall–Kier alpha value is -3.44. The standard InChI is InChI=1S/C22H24ClN7O3S/c1-13-20(34(32,33)17-7-14-11-26-28-21(14)18(23)8-17)9-19(29(13)2)22(31)27-15-4-6-30(12-15)16(10-25)3-5-24/h3,5,7-11,15,24-25H,4,6,12H2,1-2H3,(H,26,28)(H,27,31)/b16-3+,24-5?,25-10?/t15-/m1/s1. The minimum atomic E-state index is -3.94. The summed E-state index contributed by atoms with van der Waals surface area (Å²) in [4.78, 5) is 15.0. The van der Waals surface area contributed by atoms with Crippen LogP contribution >= 0.6 is 11.6 Å². The maximum Gasteiger partial charge on any atom is 0.268 e. The van der Waals surface area contributed by atoms with Gasteiger partial charge in [-0.1, -0.05) is 11.6 Å². The van der Waals surface area contributed by atoms with Gasteiger partial charge in [0, 0.05) is 49.7 Å². The highest BCUT2D eigenvalue weighted by Crippen LogP contribution is 2.31. The molecule has 34 heavy (non-hydrogen) atoms. The monoisotopic (exact) mass is 501 g/mol. The van der Waals surface area contributed by atoms with E-state index in [0.717, 1.165) is 6.21 Å². The Balaban J connectivity index is 1.59. The first-order valence-electron chi connectivity index (χ1n) is 10.5. The van der Waals surface area contributed by atoms with E-state index in [1.165, 1.54) is 36.7 Å². The Morgan fingerprint density at radius 2 is 2.09 bits per heavy atom. The minimum Gasteiger partial charge on any atom is -0.368 e. The van der Waals surface area contributed by atoms with Crippen molar-refractivity contribution in [3.05, 3.63) is 52.6 Å². The Bertz CT molecular complexity index is 1440. The second-order valence-electron chi connectivity index (χ2n) is 8.09.